The molecule has 3 nitrogen and oxygen atoms in total. The summed E-state index contributed by atoms with van der Waals surface area (Å²) in [5.41, 5.74) is 9.42. The van der Waals surface area contributed by atoms with Gasteiger partial charge in [0, 0.05) is 12.2 Å². The van der Waals surface area contributed by atoms with Crippen LogP contribution in [0.5, 0.6) is 0 Å². The Bertz CT molecular complexity index is 377. The van der Waals surface area contributed by atoms with Gasteiger partial charge in [0.15, 0.2) is 0 Å². The molecule has 0 amide bonds. The predicted molar refractivity (Wildman–Crippen MR) is 94.0 cm³/mol. The highest BCUT2D eigenvalue weighted by Crippen LogP contribution is 2.15. The lowest BCUT2D eigenvalue weighted by Gasteiger charge is -2.10. The monoisotopic (exact) mass is 291 g/mol. The van der Waals surface area contributed by atoms with Crippen molar-refractivity contribution < 1.29 is 0 Å². The van der Waals surface area contributed by atoms with Crippen molar-refractivity contribution in [3.05, 3.63) is 29.3 Å². The number of hydrogen-bond donors (Lipinski definition) is 3. The van der Waals surface area contributed by atoms with Crippen LogP contribution in [0.4, 0.5) is 5.69 Å². The van der Waals surface area contributed by atoms with Gasteiger partial charge in [-0.15, -0.1) is 0 Å². The molecule has 0 aliphatic rings. The lowest BCUT2D eigenvalue weighted by molar-refractivity contribution is 0.574. The van der Waals surface area contributed by atoms with Crippen LogP contribution in [0.25, 0.3) is 0 Å². The number of nitrogens with one attached hydrogen (secondary N) is 2. The molecule has 0 heterocycles. The van der Waals surface area contributed by atoms with Gasteiger partial charge in [-0.2, -0.15) is 0 Å². The molecule has 0 saturated carbocycles. The summed E-state index contributed by atoms with van der Waals surface area (Å²) in [5.74, 6) is 0. The van der Waals surface area contributed by atoms with Gasteiger partial charge in [-0.25, -0.2) is 0 Å². The third-order valence-corrected chi connectivity index (χ3v) is 3.79. The Balaban J connectivity index is 1.93. The van der Waals surface area contributed by atoms with E-state index in [1.807, 2.05) is 0 Å². The number of rotatable bonds is 12. The summed E-state index contributed by atoms with van der Waals surface area (Å²) in [6.07, 6.45) is 7.46. The van der Waals surface area contributed by atoms with Crippen molar-refractivity contribution in [3.63, 3.8) is 0 Å². The van der Waals surface area contributed by atoms with Gasteiger partial charge in [-0.05, 0) is 70.8 Å². The van der Waals surface area contributed by atoms with Crippen LogP contribution in [0.15, 0.2) is 18.2 Å². The third kappa shape index (κ3) is 8.74. The second-order valence-corrected chi connectivity index (χ2v) is 5.91. The summed E-state index contributed by atoms with van der Waals surface area (Å²) in [5, 5.41) is 7.04. The molecule has 0 bridgehead atoms. The Morgan fingerprint density at radius 3 is 2.19 bits per heavy atom. The molecule has 0 saturated heterocycles. The molecule has 0 radical (unpaired) electrons. The molecule has 4 N–H and O–H groups in total. The first-order valence-corrected chi connectivity index (χ1v) is 8.46. The highest BCUT2D eigenvalue weighted by molar-refractivity contribution is 5.51. The van der Waals surface area contributed by atoms with E-state index in [1.165, 1.54) is 48.9 Å². The first-order chi connectivity index (χ1) is 10.2. The summed E-state index contributed by atoms with van der Waals surface area (Å²) >= 11 is 0. The standard InChI is InChI=1S/C18H33N3/c1-16-9-10-18(17(2)15-16)21-14-8-4-7-13-20-12-6-3-5-11-19/h9-10,15,20-21H,3-8,11-14,19H2,1-2H3. The molecule has 120 valence electrons. The average molecular weight is 291 g/mol. The largest absolute Gasteiger partial charge is 0.385 e. The topological polar surface area (TPSA) is 50.1 Å². The number of hydrogen-bond acceptors (Lipinski definition) is 3. The molecule has 1 aromatic rings. The Hall–Kier alpha value is -1.06. The molecule has 0 unspecified atom stereocenters. The van der Waals surface area contributed by atoms with Gasteiger partial charge in [-0.3, -0.25) is 0 Å². The number of nitrogens with two attached hydrogens (primary N) is 1. The van der Waals surface area contributed by atoms with E-state index in [9.17, 15) is 0 Å². The Morgan fingerprint density at radius 1 is 0.857 bits per heavy atom. The molecule has 0 spiro atoms. The fourth-order valence-electron chi connectivity index (χ4n) is 2.48. The van der Waals surface area contributed by atoms with E-state index in [2.05, 4.69) is 42.7 Å². The number of unbranched alkanes of at least 4 members (excludes halogenated alkanes) is 4. The van der Waals surface area contributed by atoms with Crippen molar-refractivity contribution in [2.24, 2.45) is 5.73 Å². The number of anilines is 1. The van der Waals surface area contributed by atoms with E-state index in [-0.39, 0.29) is 0 Å². The fourth-order valence-corrected chi connectivity index (χ4v) is 2.48. The maximum absolute atomic E-state index is 5.47. The van der Waals surface area contributed by atoms with E-state index in [0.717, 1.165) is 32.6 Å². The molecular formula is C18H33N3. The van der Waals surface area contributed by atoms with Crippen molar-refractivity contribution in [1.82, 2.24) is 5.32 Å². The van der Waals surface area contributed by atoms with Crippen molar-refractivity contribution in [2.45, 2.75) is 52.4 Å². The smallest absolute Gasteiger partial charge is 0.0370 e. The highest BCUT2D eigenvalue weighted by Gasteiger charge is 1.97. The van der Waals surface area contributed by atoms with E-state index in [0.29, 0.717) is 0 Å². The fraction of sp³-hybridized carbons (Fsp3) is 0.667. The minimum absolute atomic E-state index is 0.827. The van der Waals surface area contributed by atoms with Gasteiger partial charge < -0.3 is 16.4 Å². The Labute approximate surface area is 130 Å². The predicted octanol–water partition coefficient (Wildman–Crippen LogP) is 3.60. The van der Waals surface area contributed by atoms with Crippen molar-refractivity contribution in [3.8, 4) is 0 Å². The minimum Gasteiger partial charge on any atom is -0.385 e. The van der Waals surface area contributed by atoms with Crippen molar-refractivity contribution in [1.29, 1.82) is 0 Å². The zero-order valence-corrected chi connectivity index (χ0v) is 13.9. The van der Waals surface area contributed by atoms with Crippen molar-refractivity contribution in [2.75, 3.05) is 31.5 Å². The molecule has 0 aliphatic heterocycles. The molecule has 3 heteroatoms. The van der Waals surface area contributed by atoms with Gasteiger partial charge in [0.1, 0.15) is 0 Å². The van der Waals surface area contributed by atoms with E-state index in [4.69, 9.17) is 5.73 Å². The van der Waals surface area contributed by atoms with Crippen LogP contribution < -0.4 is 16.4 Å². The minimum atomic E-state index is 0.827. The summed E-state index contributed by atoms with van der Waals surface area (Å²) < 4.78 is 0. The molecule has 1 rings (SSSR count). The van der Waals surface area contributed by atoms with Gasteiger partial charge in [0.05, 0.1) is 0 Å². The van der Waals surface area contributed by atoms with Crippen LogP contribution in [0.2, 0.25) is 0 Å². The summed E-state index contributed by atoms with van der Waals surface area (Å²) in [6.45, 7) is 8.49. The number of aryl methyl sites for hydroxylation is 2. The van der Waals surface area contributed by atoms with Crippen LogP contribution in [-0.2, 0) is 0 Å². The Morgan fingerprint density at radius 2 is 1.52 bits per heavy atom. The Kier molecular flexibility index (Phi) is 9.92. The van der Waals surface area contributed by atoms with E-state index in [1.54, 1.807) is 0 Å². The number of benzene rings is 1. The van der Waals surface area contributed by atoms with Crippen LogP contribution >= 0.6 is 0 Å². The van der Waals surface area contributed by atoms with Gasteiger partial charge in [0.25, 0.3) is 0 Å². The molecule has 0 atom stereocenters. The molecule has 21 heavy (non-hydrogen) atoms. The maximum Gasteiger partial charge on any atom is 0.0370 e. The van der Waals surface area contributed by atoms with Crippen LogP contribution in [-0.4, -0.2) is 26.2 Å². The first-order valence-electron chi connectivity index (χ1n) is 8.46. The quantitative estimate of drug-likeness (QED) is 0.516. The van der Waals surface area contributed by atoms with Gasteiger partial charge in [-0.1, -0.05) is 30.5 Å². The molecule has 1 aromatic carbocycles. The molecular weight excluding hydrogens is 258 g/mol. The average Bonchev–Trinajstić information content (AvgIpc) is 2.46. The maximum atomic E-state index is 5.47. The summed E-state index contributed by atoms with van der Waals surface area (Å²) in [7, 11) is 0. The second kappa shape index (κ2) is 11.6. The normalized spacial score (nSPS) is 10.8. The van der Waals surface area contributed by atoms with Gasteiger partial charge in [0.2, 0.25) is 0 Å². The van der Waals surface area contributed by atoms with Crippen LogP contribution in [0, 0.1) is 13.8 Å². The van der Waals surface area contributed by atoms with Crippen LogP contribution in [0.3, 0.4) is 0 Å². The lowest BCUT2D eigenvalue weighted by Crippen LogP contribution is -2.17. The SMILES string of the molecule is Cc1ccc(NCCCCCNCCCCCN)c(C)c1. The van der Waals surface area contributed by atoms with Crippen molar-refractivity contribution >= 4 is 5.69 Å². The molecule has 0 fully saturated rings. The molecule has 0 aliphatic carbocycles. The first kappa shape index (κ1) is 18.0. The summed E-state index contributed by atoms with van der Waals surface area (Å²) in [6, 6.07) is 6.59. The summed E-state index contributed by atoms with van der Waals surface area (Å²) in [4.78, 5) is 0. The van der Waals surface area contributed by atoms with Crippen LogP contribution in [0.1, 0.15) is 49.7 Å². The third-order valence-electron chi connectivity index (χ3n) is 3.79. The van der Waals surface area contributed by atoms with Gasteiger partial charge >= 0.3 is 0 Å². The lowest BCUT2D eigenvalue weighted by atomic mass is 10.1. The van der Waals surface area contributed by atoms with E-state index < -0.39 is 0 Å². The second-order valence-electron chi connectivity index (χ2n) is 5.91. The zero-order chi connectivity index (χ0) is 15.3. The highest BCUT2D eigenvalue weighted by atomic mass is 14.9. The van der Waals surface area contributed by atoms with E-state index >= 15 is 0 Å². The molecule has 0 aromatic heterocycles. The zero-order valence-electron chi connectivity index (χ0n) is 13.9.